The number of rotatable bonds is 6. The zero-order valence-electron chi connectivity index (χ0n) is 11.2. The lowest BCUT2D eigenvalue weighted by atomic mass is 10.1. The lowest BCUT2D eigenvalue weighted by Gasteiger charge is -2.13. The molecule has 0 unspecified atom stereocenters. The Balaban J connectivity index is 2.17. The molecular weight excluding hydrogens is 244 g/mol. The molecule has 6 heteroatoms. The van der Waals surface area contributed by atoms with Gasteiger partial charge in [0.1, 0.15) is 12.3 Å². The molecule has 0 aliphatic rings. The van der Waals surface area contributed by atoms with E-state index in [1.54, 1.807) is 11.8 Å². The van der Waals surface area contributed by atoms with Gasteiger partial charge in [0.2, 0.25) is 0 Å². The SMILES string of the molecule is COc1cccc(CCN)c1OCc1cn(C)nn1. The zero-order valence-corrected chi connectivity index (χ0v) is 11.2. The van der Waals surface area contributed by atoms with Gasteiger partial charge in [0.25, 0.3) is 0 Å². The minimum Gasteiger partial charge on any atom is -0.493 e. The summed E-state index contributed by atoms with van der Waals surface area (Å²) in [5.74, 6) is 1.43. The van der Waals surface area contributed by atoms with Crippen LogP contribution in [0.5, 0.6) is 11.5 Å². The van der Waals surface area contributed by atoms with Crippen LogP contribution in [0.3, 0.4) is 0 Å². The van der Waals surface area contributed by atoms with E-state index in [1.807, 2.05) is 31.4 Å². The monoisotopic (exact) mass is 262 g/mol. The highest BCUT2D eigenvalue weighted by atomic mass is 16.5. The molecule has 0 aliphatic carbocycles. The predicted molar refractivity (Wildman–Crippen MR) is 71.1 cm³/mol. The second-order valence-corrected chi connectivity index (χ2v) is 4.16. The summed E-state index contributed by atoms with van der Waals surface area (Å²) >= 11 is 0. The average Bonchev–Trinajstić information content (AvgIpc) is 2.83. The number of benzene rings is 1. The number of nitrogens with two attached hydrogens (primary N) is 1. The maximum atomic E-state index is 5.81. The third-order valence-electron chi connectivity index (χ3n) is 2.71. The molecule has 0 atom stereocenters. The largest absolute Gasteiger partial charge is 0.493 e. The van der Waals surface area contributed by atoms with E-state index in [-0.39, 0.29) is 0 Å². The van der Waals surface area contributed by atoms with Gasteiger partial charge in [0.15, 0.2) is 11.5 Å². The smallest absolute Gasteiger partial charge is 0.164 e. The molecule has 0 saturated carbocycles. The normalized spacial score (nSPS) is 10.5. The quantitative estimate of drug-likeness (QED) is 0.837. The minimum atomic E-state index is 0.353. The molecule has 2 N–H and O–H groups in total. The number of hydrogen-bond donors (Lipinski definition) is 1. The van der Waals surface area contributed by atoms with Gasteiger partial charge in [-0.25, -0.2) is 0 Å². The summed E-state index contributed by atoms with van der Waals surface area (Å²) in [6, 6.07) is 5.78. The fourth-order valence-corrected chi connectivity index (χ4v) is 1.85. The zero-order chi connectivity index (χ0) is 13.7. The molecule has 1 heterocycles. The van der Waals surface area contributed by atoms with Gasteiger partial charge in [-0.3, -0.25) is 4.68 Å². The molecule has 19 heavy (non-hydrogen) atoms. The van der Waals surface area contributed by atoms with E-state index in [1.165, 1.54) is 0 Å². The first kappa shape index (κ1) is 13.4. The van der Waals surface area contributed by atoms with Crippen molar-refractivity contribution in [1.29, 1.82) is 0 Å². The van der Waals surface area contributed by atoms with Gasteiger partial charge in [0.05, 0.1) is 13.3 Å². The van der Waals surface area contributed by atoms with Crippen LogP contribution < -0.4 is 15.2 Å². The maximum absolute atomic E-state index is 5.81. The first-order chi connectivity index (χ1) is 9.24. The Morgan fingerprint density at radius 3 is 2.84 bits per heavy atom. The van der Waals surface area contributed by atoms with Crippen LogP contribution in [0.4, 0.5) is 0 Å². The third kappa shape index (κ3) is 3.23. The lowest BCUT2D eigenvalue weighted by Crippen LogP contribution is -2.06. The molecule has 0 amide bonds. The molecule has 2 aromatic rings. The van der Waals surface area contributed by atoms with Crippen LogP contribution in [0.2, 0.25) is 0 Å². The van der Waals surface area contributed by atoms with Crippen LogP contribution in [0.15, 0.2) is 24.4 Å². The van der Waals surface area contributed by atoms with Crippen molar-refractivity contribution in [3.05, 3.63) is 35.7 Å². The van der Waals surface area contributed by atoms with Crippen LogP contribution in [-0.2, 0) is 20.1 Å². The van der Waals surface area contributed by atoms with Crippen molar-refractivity contribution in [2.24, 2.45) is 12.8 Å². The number of ether oxygens (including phenoxy) is 2. The molecular formula is C13H18N4O2. The average molecular weight is 262 g/mol. The number of methoxy groups -OCH3 is 1. The fourth-order valence-electron chi connectivity index (χ4n) is 1.85. The Labute approximate surface area is 112 Å². The maximum Gasteiger partial charge on any atom is 0.164 e. The number of nitrogens with zero attached hydrogens (tertiary/aromatic N) is 3. The van der Waals surface area contributed by atoms with E-state index in [0.717, 1.165) is 23.4 Å². The van der Waals surface area contributed by atoms with Crippen molar-refractivity contribution in [2.45, 2.75) is 13.0 Å². The van der Waals surface area contributed by atoms with Crippen molar-refractivity contribution in [3.8, 4) is 11.5 Å². The van der Waals surface area contributed by atoms with Gasteiger partial charge in [0, 0.05) is 7.05 Å². The molecule has 6 nitrogen and oxygen atoms in total. The highest BCUT2D eigenvalue weighted by Gasteiger charge is 2.11. The van der Waals surface area contributed by atoms with Crippen molar-refractivity contribution < 1.29 is 9.47 Å². The van der Waals surface area contributed by atoms with Gasteiger partial charge < -0.3 is 15.2 Å². The van der Waals surface area contributed by atoms with Gasteiger partial charge in [-0.2, -0.15) is 0 Å². The first-order valence-electron chi connectivity index (χ1n) is 6.08. The van der Waals surface area contributed by atoms with E-state index in [9.17, 15) is 0 Å². The summed E-state index contributed by atoms with van der Waals surface area (Å²) < 4.78 is 12.8. The van der Waals surface area contributed by atoms with Crippen LogP contribution >= 0.6 is 0 Å². The molecule has 0 bridgehead atoms. The molecule has 0 radical (unpaired) electrons. The van der Waals surface area contributed by atoms with Crippen LogP contribution in [0.1, 0.15) is 11.3 Å². The van der Waals surface area contributed by atoms with Crippen molar-refractivity contribution in [1.82, 2.24) is 15.0 Å². The molecule has 0 aliphatic heterocycles. The van der Waals surface area contributed by atoms with E-state index in [0.29, 0.717) is 18.9 Å². The number of para-hydroxylation sites is 1. The standard InChI is InChI=1S/C13H18N4O2/c1-17-8-11(15-16-17)9-19-13-10(6-7-14)4-3-5-12(13)18-2/h3-5,8H,6-7,9,14H2,1-2H3. The van der Waals surface area contributed by atoms with Gasteiger partial charge in [-0.05, 0) is 24.6 Å². The second kappa shape index (κ2) is 6.19. The van der Waals surface area contributed by atoms with Crippen molar-refractivity contribution in [3.63, 3.8) is 0 Å². The predicted octanol–water partition coefficient (Wildman–Crippen LogP) is 0.904. The molecule has 2 rings (SSSR count). The van der Waals surface area contributed by atoms with E-state index in [2.05, 4.69) is 10.3 Å². The van der Waals surface area contributed by atoms with Gasteiger partial charge >= 0.3 is 0 Å². The fraction of sp³-hybridized carbons (Fsp3) is 0.385. The van der Waals surface area contributed by atoms with E-state index in [4.69, 9.17) is 15.2 Å². The topological polar surface area (TPSA) is 75.2 Å². The Morgan fingerprint density at radius 2 is 2.21 bits per heavy atom. The highest BCUT2D eigenvalue weighted by Crippen LogP contribution is 2.31. The van der Waals surface area contributed by atoms with Crippen LogP contribution in [0.25, 0.3) is 0 Å². The van der Waals surface area contributed by atoms with Crippen LogP contribution in [-0.4, -0.2) is 28.6 Å². The first-order valence-corrected chi connectivity index (χ1v) is 6.08. The molecule has 0 spiro atoms. The van der Waals surface area contributed by atoms with Crippen LogP contribution in [0, 0.1) is 0 Å². The number of hydrogen-bond acceptors (Lipinski definition) is 5. The molecule has 102 valence electrons. The Bertz CT molecular complexity index is 539. The van der Waals surface area contributed by atoms with Gasteiger partial charge in [-0.1, -0.05) is 17.3 Å². The summed E-state index contributed by atoms with van der Waals surface area (Å²) in [7, 11) is 3.44. The summed E-state index contributed by atoms with van der Waals surface area (Å²) in [6.07, 6.45) is 2.56. The number of aromatic nitrogens is 3. The second-order valence-electron chi connectivity index (χ2n) is 4.16. The van der Waals surface area contributed by atoms with E-state index >= 15 is 0 Å². The summed E-state index contributed by atoms with van der Waals surface area (Å²) in [5.41, 5.74) is 7.41. The Morgan fingerprint density at radius 1 is 1.37 bits per heavy atom. The highest BCUT2D eigenvalue weighted by molar-refractivity contribution is 5.46. The van der Waals surface area contributed by atoms with Crippen molar-refractivity contribution in [2.75, 3.05) is 13.7 Å². The van der Waals surface area contributed by atoms with Crippen molar-refractivity contribution >= 4 is 0 Å². The summed E-state index contributed by atoms with van der Waals surface area (Å²) in [6.45, 7) is 0.917. The molecule has 0 fully saturated rings. The minimum absolute atomic E-state index is 0.353. The molecule has 1 aromatic heterocycles. The summed E-state index contributed by atoms with van der Waals surface area (Å²) in [4.78, 5) is 0. The molecule has 1 aromatic carbocycles. The van der Waals surface area contributed by atoms with E-state index < -0.39 is 0 Å². The van der Waals surface area contributed by atoms with Gasteiger partial charge in [-0.15, -0.1) is 5.10 Å². The number of aryl methyl sites for hydroxylation is 1. The Hall–Kier alpha value is -2.08. The third-order valence-corrected chi connectivity index (χ3v) is 2.71. The lowest BCUT2D eigenvalue weighted by molar-refractivity contribution is 0.277. The summed E-state index contributed by atoms with van der Waals surface area (Å²) in [5, 5.41) is 7.85. The molecule has 0 saturated heterocycles. The Kier molecular flexibility index (Phi) is 4.35.